The van der Waals surface area contributed by atoms with E-state index in [4.69, 9.17) is 4.74 Å². The van der Waals surface area contributed by atoms with E-state index >= 15 is 0 Å². The first-order valence-electron chi connectivity index (χ1n) is 4.51. The first kappa shape index (κ1) is 12.0. The van der Waals surface area contributed by atoms with E-state index in [0.29, 0.717) is 5.56 Å². The van der Waals surface area contributed by atoms with Gasteiger partial charge in [-0.15, -0.1) is 12.6 Å². The highest BCUT2D eigenvalue weighted by Crippen LogP contribution is 2.17. The summed E-state index contributed by atoms with van der Waals surface area (Å²) < 4.78 is 18.0. The molecule has 2 nitrogen and oxygen atoms in total. The van der Waals surface area contributed by atoms with Gasteiger partial charge in [0.05, 0.1) is 5.56 Å². The van der Waals surface area contributed by atoms with Crippen molar-refractivity contribution < 1.29 is 13.9 Å². The lowest BCUT2D eigenvalue weighted by Gasteiger charge is -2.19. The Bertz CT molecular complexity index is 383. The summed E-state index contributed by atoms with van der Waals surface area (Å²) in [5.74, 6) is -0.927. The lowest BCUT2D eigenvalue weighted by Crippen LogP contribution is -2.23. The van der Waals surface area contributed by atoms with E-state index in [1.807, 2.05) is 0 Å². The van der Waals surface area contributed by atoms with Gasteiger partial charge in [0, 0.05) is 4.90 Å². The maximum Gasteiger partial charge on any atom is 0.338 e. The Kier molecular flexibility index (Phi) is 3.39. The number of hydrogen-bond acceptors (Lipinski definition) is 3. The van der Waals surface area contributed by atoms with Crippen LogP contribution >= 0.6 is 12.6 Å². The third-order valence-corrected chi connectivity index (χ3v) is 1.92. The van der Waals surface area contributed by atoms with Crippen molar-refractivity contribution in [3.05, 3.63) is 29.6 Å². The van der Waals surface area contributed by atoms with Crippen molar-refractivity contribution in [3.8, 4) is 0 Å². The zero-order valence-electron chi connectivity index (χ0n) is 8.87. The van der Waals surface area contributed by atoms with Crippen LogP contribution in [0.1, 0.15) is 31.1 Å². The molecule has 0 atom stereocenters. The molecular weight excluding hydrogens is 215 g/mol. The molecule has 0 bridgehead atoms. The Morgan fingerprint density at radius 2 is 2.00 bits per heavy atom. The quantitative estimate of drug-likeness (QED) is 0.590. The number of carbonyl (C=O) groups excluding carboxylic acids is 1. The summed E-state index contributed by atoms with van der Waals surface area (Å²) in [5.41, 5.74) is -0.251. The minimum absolute atomic E-state index is 0.137. The first-order valence-corrected chi connectivity index (χ1v) is 4.96. The van der Waals surface area contributed by atoms with Crippen LogP contribution in [-0.4, -0.2) is 11.6 Å². The van der Waals surface area contributed by atoms with Gasteiger partial charge in [0.25, 0.3) is 0 Å². The minimum atomic E-state index is -0.553. The fourth-order valence-electron chi connectivity index (χ4n) is 0.977. The molecule has 82 valence electrons. The summed E-state index contributed by atoms with van der Waals surface area (Å²) in [6.07, 6.45) is 0. The molecule has 0 heterocycles. The van der Waals surface area contributed by atoms with Crippen molar-refractivity contribution in [3.63, 3.8) is 0 Å². The molecule has 1 aromatic carbocycles. The predicted octanol–water partition coefficient (Wildman–Crippen LogP) is 3.07. The van der Waals surface area contributed by atoms with Gasteiger partial charge in [-0.05, 0) is 39.0 Å². The number of thiol groups is 1. The molecule has 0 saturated carbocycles. The molecule has 4 heteroatoms. The average molecular weight is 228 g/mol. The average Bonchev–Trinajstić information content (AvgIpc) is 2.06. The highest BCUT2D eigenvalue weighted by molar-refractivity contribution is 7.80. The van der Waals surface area contributed by atoms with Gasteiger partial charge in [0.1, 0.15) is 11.4 Å². The predicted molar refractivity (Wildman–Crippen MR) is 58.8 cm³/mol. The van der Waals surface area contributed by atoms with Crippen LogP contribution in [0, 0.1) is 5.82 Å². The van der Waals surface area contributed by atoms with E-state index in [2.05, 4.69) is 12.6 Å². The highest BCUT2D eigenvalue weighted by Gasteiger charge is 2.18. The Morgan fingerprint density at radius 1 is 1.40 bits per heavy atom. The van der Waals surface area contributed by atoms with Crippen LogP contribution in [0.4, 0.5) is 4.39 Å². The molecule has 0 spiro atoms. The second kappa shape index (κ2) is 4.23. The van der Waals surface area contributed by atoms with Crippen molar-refractivity contribution in [1.29, 1.82) is 0 Å². The summed E-state index contributed by atoms with van der Waals surface area (Å²) >= 11 is 3.89. The Morgan fingerprint density at radius 3 is 2.47 bits per heavy atom. The number of carbonyl (C=O) groups is 1. The maximum atomic E-state index is 12.9. The van der Waals surface area contributed by atoms with Crippen molar-refractivity contribution in [1.82, 2.24) is 0 Å². The molecule has 0 radical (unpaired) electrons. The fraction of sp³-hybridized carbons (Fsp3) is 0.364. The highest BCUT2D eigenvalue weighted by atomic mass is 32.1. The Balaban J connectivity index is 2.88. The van der Waals surface area contributed by atoms with Crippen LogP contribution in [0.25, 0.3) is 0 Å². The third-order valence-electron chi connectivity index (χ3n) is 1.58. The van der Waals surface area contributed by atoms with Crippen LogP contribution in [0.3, 0.4) is 0 Å². The molecule has 0 N–H and O–H groups in total. The molecular formula is C11H13FO2S. The summed E-state index contributed by atoms with van der Waals surface area (Å²) in [6.45, 7) is 5.32. The molecule has 0 saturated heterocycles. The van der Waals surface area contributed by atoms with Gasteiger partial charge in [0.2, 0.25) is 0 Å². The van der Waals surface area contributed by atoms with Crippen LogP contribution in [0.5, 0.6) is 0 Å². The number of halogens is 1. The molecule has 1 aromatic rings. The zero-order chi connectivity index (χ0) is 11.6. The van der Waals surface area contributed by atoms with Crippen molar-refractivity contribution in [2.24, 2.45) is 0 Å². The van der Waals surface area contributed by atoms with Gasteiger partial charge >= 0.3 is 5.97 Å². The van der Waals surface area contributed by atoms with Crippen molar-refractivity contribution in [2.45, 2.75) is 31.3 Å². The minimum Gasteiger partial charge on any atom is -0.456 e. The van der Waals surface area contributed by atoms with E-state index in [0.717, 1.165) is 0 Å². The Hall–Kier alpha value is -1.03. The molecule has 1 rings (SSSR count). The molecule has 0 unspecified atom stereocenters. The second-order valence-corrected chi connectivity index (χ2v) is 4.65. The third kappa shape index (κ3) is 3.55. The monoisotopic (exact) mass is 228 g/mol. The zero-order valence-corrected chi connectivity index (χ0v) is 9.77. The lowest BCUT2D eigenvalue weighted by molar-refractivity contribution is 0.00692. The number of rotatable bonds is 1. The van der Waals surface area contributed by atoms with Crippen molar-refractivity contribution >= 4 is 18.6 Å². The summed E-state index contributed by atoms with van der Waals surface area (Å²) in [7, 11) is 0. The van der Waals surface area contributed by atoms with Gasteiger partial charge < -0.3 is 4.74 Å². The van der Waals surface area contributed by atoms with Gasteiger partial charge in [-0.1, -0.05) is 0 Å². The first-order chi connectivity index (χ1) is 6.79. The van der Waals surface area contributed by atoms with Gasteiger partial charge in [-0.25, -0.2) is 9.18 Å². The maximum absolute atomic E-state index is 12.9. The van der Waals surface area contributed by atoms with E-state index in [9.17, 15) is 9.18 Å². The lowest BCUT2D eigenvalue weighted by atomic mass is 10.1. The fourth-order valence-corrected chi connectivity index (χ4v) is 1.19. The second-order valence-electron chi connectivity index (χ2n) is 4.17. The van der Waals surface area contributed by atoms with Gasteiger partial charge in [-0.2, -0.15) is 0 Å². The smallest absolute Gasteiger partial charge is 0.338 e. The van der Waals surface area contributed by atoms with E-state index in [-0.39, 0.29) is 4.90 Å². The largest absolute Gasteiger partial charge is 0.456 e. The summed E-state index contributed by atoms with van der Waals surface area (Å²) in [4.78, 5) is 11.7. The van der Waals surface area contributed by atoms with Crippen LogP contribution in [0.2, 0.25) is 0 Å². The van der Waals surface area contributed by atoms with E-state index < -0.39 is 17.4 Å². The Labute approximate surface area is 93.9 Å². The van der Waals surface area contributed by atoms with Gasteiger partial charge in [-0.3, -0.25) is 0 Å². The number of esters is 1. The van der Waals surface area contributed by atoms with Crippen LogP contribution < -0.4 is 0 Å². The van der Waals surface area contributed by atoms with Crippen molar-refractivity contribution in [2.75, 3.05) is 0 Å². The molecule has 0 amide bonds. The number of hydrogen-bond donors (Lipinski definition) is 1. The molecule has 0 aromatic heterocycles. The summed E-state index contributed by atoms with van der Waals surface area (Å²) in [5, 5.41) is 0. The molecule has 0 aliphatic carbocycles. The van der Waals surface area contributed by atoms with E-state index in [1.165, 1.54) is 18.2 Å². The molecule has 15 heavy (non-hydrogen) atoms. The topological polar surface area (TPSA) is 26.3 Å². The normalized spacial score (nSPS) is 11.3. The SMILES string of the molecule is CC(C)(C)OC(=O)c1ccc(F)c(S)c1. The van der Waals surface area contributed by atoms with E-state index in [1.54, 1.807) is 20.8 Å². The van der Waals surface area contributed by atoms with Crippen LogP contribution in [0.15, 0.2) is 23.1 Å². The summed E-state index contributed by atoms with van der Waals surface area (Å²) in [6, 6.07) is 3.93. The van der Waals surface area contributed by atoms with Gasteiger partial charge in [0.15, 0.2) is 0 Å². The molecule has 0 aliphatic heterocycles. The molecule has 0 aliphatic rings. The number of benzene rings is 1. The number of ether oxygens (including phenoxy) is 1. The molecule has 0 fully saturated rings. The standard InChI is InChI=1S/C11H13FO2S/c1-11(2,3)14-10(13)7-4-5-8(12)9(15)6-7/h4-6,15H,1-3H3. The van der Waals surface area contributed by atoms with Crippen LogP contribution in [-0.2, 0) is 4.74 Å².